The molecule has 2 N–H and O–H groups in total. The lowest BCUT2D eigenvalue weighted by Crippen LogP contribution is -2.07. The zero-order valence-corrected chi connectivity index (χ0v) is 10.1. The first-order valence-electron chi connectivity index (χ1n) is 6.13. The maximum Gasteiger partial charge on any atom is 0.122 e. The molecule has 0 saturated heterocycles. The summed E-state index contributed by atoms with van der Waals surface area (Å²) in [6, 6.07) is 10.8. The second-order valence-corrected chi connectivity index (χ2v) is 4.68. The summed E-state index contributed by atoms with van der Waals surface area (Å²) in [5.74, 6) is 1.54. The zero-order valence-electron chi connectivity index (χ0n) is 10.1. The van der Waals surface area contributed by atoms with Crippen molar-refractivity contribution in [3.63, 3.8) is 0 Å². The van der Waals surface area contributed by atoms with E-state index in [1.807, 2.05) is 0 Å². The molecule has 2 aromatic rings. The Kier molecular flexibility index (Phi) is 2.52. The van der Waals surface area contributed by atoms with Crippen LogP contribution in [0.2, 0.25) is 0 Å². The summed E-state index contributed by atoms with van der Waals surface area (Å²) in [5, 5.41) is 2.71. The highest BCUT2D eigenvalue weighted by Crippen LogP contribution is 2.44. The molecule has 0 spiro atoms. The quantitative estimate of drug-likeness (QED) is 0.875. The van der Waals surface area contributed by atoms with Crippen LogP contribution in [0.15, 0.2) is 30.3 Å². The fourth-order valence-corrected chi connectivity index (χ4v) is 3.03. The fourth-order valence-electron chi connectivity index (χ4n) is 3.03. The van der Waals surface area contributed by atoms with Gasteiger partial charge in [0.2, 0.25) is 0 Å². The van der Waals surface area contributed by atoms with Crippen LogP contribution in [0.5, 0.6) is 5.75 Å². The van der Waals surface area contributed by atoms with Gasteiger partial charge in [-0.1, -0.05) is 24.3 Å². The Balaban J connectivity index is 2.27. The molecule has 0 saturated carbocycles. The first-order valence-corrected chi connectivity index (χ1v) is 6.13. The predicted molar refractivity (Wildman–Crippen MR) is 70.6 cm³/mol. The van der Waals surface area contributed by atoms with E-state index in [4.69, 9.17) is 10.5 Å². The van der Waals surface area contributed by atoms with Gasteiger partial charge in [0.15, 0.2) is 0 Å². The zero-order chi connectivity index (χ0) is 11.8. The molecule has 2 aromatic carbocycles. The third kappa shape index (κ3) is 1.52. The molecule has 17 heavy (non-hydrogen) atoms. The molecule has 0 aromatic heterocycles. The fraction of sp³-hybridized carbons (Fsp3) is 0.333. The van der Waals surface area contributed by atoms with Crippen LogP contribution in [-0.4, -0.2) is 13.7 Å². The average Bonchev–Trinajstić information content (AvgIpc) is 2.72. The molecule has 0 fully saturated rings. The van der Waals surface area contributed by atoms with Crippen molar-refractivity contribution in [3.8, 4) is 5.75 Å². The van der Waals surface area contributed by atoms with Crippen LogP contribution in [0.4, 0.5) is 0 Å². The monoisotopic (exact) mass is 227 g/mol. The van der Waals surface area contributed by atoms with Crippen molar-refractivity contribution >= 4 is 10.8 Å². The summed E-state index contributed by atoms with van der Waals surface area (Å²) < 4.78 is 5.51. The molecule has 2 heteroatoms. The first-order chi connectivity index (χ1) is 8.35. The Labute approximate surface area is 101 Å². The smallest absolute Gasteiger partial charge is 0.122 e. The summed E-state index contributed by atoms with van der Waals surface area (Å²) >= 11 is 0. The van der Waals surface area contributed by atoms with Crippen molar-refractivity contribution < 1.29 is 4.74 Å². The van der Waals surface area contributed by atoms with Crippen LogP contribution in [0.3, 0.4) is 0 Å². The lowest BCUT2D eigenvalue weighted by molar-refractivity contribution is 0.406. The third-order valence-corrected chi connectivity index (χ3v) is 3.74. The summed E-state index contributed by atoms with van der Waals surface area (Å²) in [6.45, 7) is 0.734. The van der Waals surface area contributed by atoms with E-state index >= 15 is 0 Å². The molecule has 88 valence electrons. The van der Waals surface area contributed by atoms with Gasteiger partial charge in [-0.05, 0) is 47.7 Å². The van der Waals surface area contributed by atoms with E-state index in [1.165, 1.54) is 21.9 Å². The lowest BCUT2D eigenvalue weighted by atomic mass is 9.96. The first kappa shape index (κ1) is 10.6. The van der Waals surface area contributed by atoms with E-state index in [-0.39, 0.29) is 0 Å². The van der Waals surface area contributed by atoms with Crippen molar-refractivity contribution in [2.75, 3.05) is 13.7 Å². The number of ether oxygens (including phenoxy) is 1. The minimum atomic E-state index is 0.524. The van der Waals surface area contributed by atoms with Gasteiger partial charge in [-0.15, -0.1) is 0 Å². The maximum atomic E-state index is 5.72. The van der Waals surface area contributed by atoms with E-state index in [0.29, 0.717) is 5.92 Å². The van der Waals surface area contributed by atoms with Gasteiger partial charge in [-0.2, -0.15) is 0 Å². The SMILES string of the molecule is COc1ccc2cccc3c2c1[C@@H](CCN)C3. The molecule has 0 amide bonds. The molecule has 1 atom stereocenters. The summed E-state index contributed by atoms with van der Waals surface area (Å²) in [4.78, 5) is 0. The standard InChI is InChI=1S/C15H17NO/c1-17-13-6-5-10-3-2-4-11-9-12(7-8-16)15(13)14(10)11/h2-6,12H,7-9,16H2,1H3/t12-/m0/s1. The van der Waals surface area contributed by atoms with Crippen molar-refractivity contribution in [3.05, 3.63) is 41.5 Å². The van der Waals surface area contributed by atoms with Crippen molar-refractivity contribution in [1.29, 1.82) is 0 Å². The van der Waals surface area contributed by atoms with E-state index in [2.05, 4.69) is 30.3 Å². The van der Waals surface area contributed by atoms with Gasteiger partial charge < -0.3 is 10.5 Å². The van der Waals surface area contributed by atoms with Gasteiger partial charge in [0, 0.05) is 5.56 Å². The minimum absolute atomic E-state index is 0.524. The molecular formula is C15H17NO. The Hall–Kier alpha value is -1.54. The largest absolute Gasteiger partial charge is 0.496 e. The number of rotatable bonds is 3. The molecule has 0 radical (unpaired) electrons. The number of hydrogen-bond acceptors (Lipinski definition) is 2. The van der Waals surface area contributed by atoms with Gasteiger partial charge in [0.1, 0.15) is 5.75 Å². The van der Waals surface area contributed by atoms with E-state index in [9.17, 15) is 0 Å². The third-order valence-electron chi connectivity index (χ3n) is 3.74. The second kappa shape index (κ2) is 4.04. The van der Waals surface area contributed by atoms with Crippen LogP contribution in [0.1, 0.15) is 23.5 Å². The highest BCUT2D eigenvalue weighted by atomic mass is 16.5. The van der Waals surface area contributed by atoms with Crippen molar-refractivity contribution in [2.45, 2.75) is 18.8 Å². The van der Waals surface area contributed by atoms with Crippen LogP contribution < -0.4 is 10.5 Å². The second-order valence-electron chi connectivity index (χ2n) is 4.68. The van der Waals surface area contributed by atoms with E-state index in [0.717, 1.165) is 25.1 Å². The average molecular weight is 227 g/mol. The lowest BCUT2D eigenvalue weighted by Gasteiger charge is -2.14. The number of nitrogens with two attached hydrogens (primary N) is 1. The Bertz CT molecular complexity index is 562. The molecule has 1 aliphatic carbocycles. The Morgan fingerprint density at radius 2 is 2.18 bits per heavy atom. The number of benzene rings is 2. The van der Waals surface area contributed by atoms with Crippen LogP contribution in [-0.2, 0) is 6.42 Å². The van der Waals surface area contributed by atoms with Crippen LogP contribution in [0, 0.1) is 0 Å². The number of hydrogen-bond donors (Lipinski definition) is 1. The molecular weight excluding hydrogens is 210 g/mol. The molecule has 0 aliphatic heterocycles. The van der Waals surface area contributed by atoms with Gasteiger partial charge >= 0.3 is 0 Å². The van der Waals surface area contributed by atoms with E-state index < -0.39 is 0 Å². The Morgan fingerprint density at radius 1 is 1.29 bits per heavy atom. The highest BCUT2D eigenvalue weighted by Gasteiger charge is 2.26. The molecule has 0 heterocycles. The molecule has 1 aliphatic rings. The Morgan fingerprint density at radius 3 is 2.94 bits per heavy atom. The van der Waals surface area contributed by atoms with Crippen molar-refractivity contribution in [2.24, 2.45) is 5.73 Å². The predicted octanol–water partition coefficient (Wildman–Crippen LogP) is 2.84. The summed E-state index contributed by atoms with van der Waals surface area (Å²) in [6.07, 6.45) is 2.13. The van der Waals surface area contributed by atoms with E-state index in [1.54, 1.807) is 7.11 Å². The maximum absolute atomic E-state index is 5.72. The van der Waals surface area contributed by atoms with Gasteiger partial charge in [0.05, 0.1) is 7.11 Å². The molecule has 3 rings (SSSR count). The van der Waals surface area contributed by atoms with Gasteiger partial charge in [-0.3, -0.25) is 0 Å². The van der Waals surface area contributed by atoms with Gasteiger partial charge in [-0.25, -0.2) is 0 Å². The van der Waals surface area contributed by atoms with Crippen molar-refractivity contribution in [1.82, 2.24) is 0 Å². The van der Waals surface area contributed by atoms with Crippen LogP contribution >= 0.6 is 0 Å². The van der Waals surface area contributed by atoms with Gasteiger partial charge in [0.25, 0.3) is 0 Å². The normalized spacial score (nSPS) is 17.6. The van der Waals surface area contributed by atoms with Crippen LogP contribution in [0.25, 0.3) is 10.8 Å². The molecule has 0 bridgehead atoms. The highest BCUT2D eigenvalue weighted by molar-refractivity contribution is 5.93. The summed E-state index contributed by atoms with van der Waals surface area (Å²) in [7, 11) is 1.75. The molecule has 0 unspecified atom stereocenters. The topological polar surface area (TPSA) is 35.2 Å². The molecule has 2 nitrogen and oxygen atoms in total. The summed E-state index contributed by atoms with van der Waals surface area (Å²) in [5.41, 5.74) is 8.53. The number of methoxy groups -OCH3 is 1. The minimum Gasteiger partial charge on any atom is -0.496 e.